The van der Waals surface area contributed by atoms with Crippen LogP contribution in [-0.2, 0) is 19.1 Å². The molecular formula is C20H23NO4. The average molecular weight is 341 g/mol. The van der Waals surface area contributed by atoms with Crippen molar-refractivity contribution < 1.29 is 19.1 Å². The topological polar surface area (TPSA) is 55.8 Å². The Balaban J connectivity index is 1.62. The molecule has 2 fully saturated rings. The molecule has 4 rings (SSSR count). The summed E-state index contributed by atoms with van der Waals surface area (Å²) < 4.78 is 11.5. The number of aryl methyl sites for hydroxylation is 1. The molecule has 25 heavy (non-hydrogen) atoms. The van der Waals surface area contributed by atoms with Crippen LogP contribution >= 0.6 is 0 Å². The maximum absolute atomic E-state index is 13.1. The van der Waals surface area contributed by atoms with Crippen LogP contribution in [0.25, 0.3) is 0 Å². The summed E-state index contributed by atoms with van der Waals surface area (Å²) >= 11 is 0. The number of carbonyl (C=O) groups is 2. The Morgan fingerprint density at radius 3 is 2.96 bits per heavy atom. The third-order valence-corrected chi connectivity index (χ3v) is 5.24. The van der Waals surface area contributed by atoms with Crippen molar-refractivity contribution in [3.8, 4) is 0 Å². The minimum absolute atomic E-state index is 0.0519. The molecule has 0 radical (unpaired) electrons. The lowest BCUT2D eigenvalue weighted by molar-refractivity contribution is -0.153. The lowest BCUT2D eigenvalue weighted by atomic mass is 9.77. The number of amides is 1. The summed E-state index contributed by atoms with van der Waals surface area (Å²) in [6, 6.07) is 7.84. The molecule has 1 unspecified atom stereocenters. The Hall–Kier alpha value is -2.14. The lowest BCUT2D eigenvalue weighted by Gasteiger charge is -2.23. The summed E-state index contributed by atoms with van der Waals surface area (Å²) in [5, 5.41) is 0. The molecule has 3 aliphatic heterocycles. The zero-order valence-corrected chi connectivity index (χ0v) is 14.8. The van der Waals surface area contributed by atoms with Gasteiger partial charge in [0, 0.05) is 5.69 Å². The van der Waals surface area contributed by atoms with Crippen LogP contribution in [0.2, 0.25) is 0 Å². The summed E-state index contributed by atoms with van der Waals surface area (Å²) in [7, 11) is 0. The Kier molecular flexibility index (Phi) is 3.72. The Labute approximate surface area is 147 Å². The van der Waals surface area contributed by atoms with Gasteiger partial charge in [-0.25, -0.2) is 0 Å². The molecule has 1 amide bonds. The third-order valence-electron chi connectivity index (χ3n) is 5.24. The van der Waals surface area contributed by atoms with Gasteiger partial charge in [0.05, 0.1) is 25.2 Å². The summed E-state index contributed by atoms with van der Waals surface area (Å²) in [6.07, 6.45) is 3.51. The predicted octanol–water partition coefficient (Wildman–Crippen LogP) is 2.48. The van der Waals surface area contributed by atoms with Gasteiger partial charge in [0.1, 0.15) is 11.5 Å². The van der Waals surface area contributed by atoms with Crippen LogP contribution in [0, 0.1) is 24.7 Å². The third kappa shape index (κ3) is 2.49. The van der Waals surface area contributed by atoms with E-state index in [1.54, 1.807) is 4.90 Å². The van der Waals surface area contributed by atoms with Gasteiger partial charge >= 0.3 is 5.97 Å². The van der Waals surface area contributed by atoms with Gasteiger partial charge in [-0.15, -0.1) is 0 Å². The normalized spacial score (nSPS) is 32.6. The van der Waals surface area contributed by atoms with E-state index in [4.69, 9.17) is 9.47 Å². The molecule has 1 spiro atoms. The number of fused-ring (bicyclic) bond motifs is 1. The van der Waals surface area contributed by atoms with Crippen LogP contribution in [-0.4, -0.2) is 36.7 Å². The van der Waals surface area contributed by atoms with Gasteiger partial charge in [0.15, 0.2) is 0 Å². The molecule has 5 heteroatoms. The van der Waals surface area contributed by atoms with Gasteiger partial charge in [-0.2, -0.15) is 0 Å². The van der Waals surface area contributed by atoms with E-state index in [0.717, 1.165) is 11.3 Å². The fourth-order valence-electron chi connectivity index (χ4n) is 4.13. The number of esters is 1. The van der Waals surface area contributed by atoms with Gasteiger partial charge in [-0.3, -0.25) is 9.59 Å². The minimum Gasteiger partial charge on any atom is -0.465 e. The van der Waals surface area contributed by atoms with Gasteiger partial charge in [0.2, 0.25) is 5.91 Å². The monoisotopic (exact) mass is 341 g/mol. The molecule has 3 aliphatic rings. The van der Waals surface area contributed by atoms with Crippen molar-refractivity contribution in [1.29, 1.82) is 0 Å². The van der Waals surface area contributed by atoms with Gasteiger partial charge in [0.25, 0.3) is 0 Å². The molecule has 132 valence electrons. The number of benzene rings is 1. The van der Waals surface area contributed by atoms with E-state index in [2.05, 4.69) is 0 Å². The van der Waals surface area contributed by atoms with E-state index in [0.29, 0.717) is 13.2 Å². The van der Waals surface area contributed by atoms with Crippen molar-refractivity contribution in [3.05, 3.63) is 42.0 Å². The first-order valence-corrected chi connectivity index (χ1v) is 8.83. The molecule has 0 aliphatic carbocycles. The standard InChI is InChI=1S/C20H23NO4/c1-12(2)10-24-19(23)16-15-7-8-20(25-15)11-21(18(22)17(16)20)14-6-4-5-13(3)9-14/h4-9,12,15-17H,10-11H2,1-3H3/t15-,16?,17+,20-/m1/s1. The highest BCUT2D eigenvalue weighted by Crippen LogP contribution is 2.52. The molecule has 4 atom stereocenters. The molecule has 0 aromatic heterocycles. The van der Waals surface area contributed by atoms with Crippen LogP contribution in [0.5, 0.6) is 0 Å². The first-order valence-electron chi connectivity index (χ1n) is 8.83. The Morgan fingerprint density at radius 1 is 1.44 bits per heavy atom. The molecule has 0 N–H and O–H groups in total. The van der Waals surface area contributed by atoms with Crippen LogP contribution in [0.4, 0.5) is 5.69 Å². The minimum atomic E-state index is -0.701. The zero-order chi connectivity index (χ0) is 17.8. The Bertz CT molecular complexity index is 756. The fourth-order valence-corrected chi connectivity index (χ4v) is 4.13. The van der Waals surface area contributed by atoms with E-state index in [1.165, 1.54) is 0 Å². The molecule has 1 aromatic rings. The first-order chi connectivity index (χ1) is 11.9. The molecular weight excluding hydrogens is 318 g/mol. The lowest BCUT2D eigenvalue weighted by Crippen LogP contribution is -2.40. The largest absolute Gasteiger partial charge is 0.465 e. The number of anilines is 1. The number of hydrogen-bond acceptors (Lipinski definition) is 4. The Morgan fingerprint density at radius 2 is 2.24 bits per heavy atom. The molecule has 2 bridgehead atoms. The molecule has 5 nitrogen and oxygen atoms in total. The summed E-state index contributed by atoms with van der Waals surface area (Å²) in [6.45, 7) is 6.79. The van der Waals surface area contributed by atoms with Crippen molar-refractivity contribution in [1.82, 2.24) is 0 Å². The van der Waals surface area contributed by atoms with E-state index < -0.39 is 17.4 Å². The second-order valence-electron chi connectivity index (χ2n) is 7.69. The number of ether oxygens (including phenoxy) is 2. The molecule has 3 heterocycles. The van der Waals surface area contributed by atoms with E-state index in [-0.39, 0.29) is 23.9 Å². The second kappa shape index (κ2) is 5.70. The smallest absolute Gasteiger partial charge is 0.312 e. The average Bonchev–Trinajstić information content (AvgIpc) is 3.21. The second-order valence-corrected chi connectivity index (χ2v) is 7.69. The van der Waals surface area contributed by atoms with Gasteiger partial charge in [-0.1, -0.05) is 38.1 Å². The first kappa shape index (κ1) is 16.3. The maximum atomic E-state index is 13.1. The number of nitrogens with zero attached hydrogens (tertiary/aromatic N) is 1. The maximum Gasteiger partial charge on any atom is 0.312 e. The number of hydrogen-bond donors (Lipinski definition) is 0. The SMILES string of the molecule is Cc1cccc(N2C[C@@]34C=C[C@@H](O3)C(C(=O)OCC(C)C)[C@H]4C2=O)c1. The van der Waals surface area contributed by atoms with Crippen LogP contribution < -0.4 is 4.90 Å². The zero-order valence-electron chi connectivity index (χ0n) is 14.8. The van der Waals surface area contributed by atoms with Gasteiger partial charge in [-0.05, 0) is 30.5 Å². The number of rotatable bonds is 4. The highest BCUT2D eigenvalue weighted by atomic mass is 16.6. The van der Waals surface area contributed by atoms with Crippen molar-refractivity contribution in [2.45, 2.75) is 32.5 Å². The van der Waals surface area contributed by atoms with Crippen LogP contribution in [0.15, 0.2) is 36.4 Å². The molecule has 2 saturated heterocycles. The summed E-state index contributed by atoms with van der Waals surface area (Å²) in [4.78, 5) is 27.5. The predicted molar refractivity (Wildman–Crippen MR) is 93.1 cm³/mol. The van der Waals surface area contributed by atoms with E-state index >= 15 is 0 Å². The van der Waals surface area contributed by atoms with Crippen molar-refractivity contribution in [2.24, 2.45) is 17.8 Å². The molecule has 0 saturated carbocycles. The van der Waals surface area contributed by atoms with Crippen molar-refractivity contribution in [2.75, 3.05) is 18.1 Å². The summed E-state index contributed by atoms with van der Waals surface area (Å²) in [5.74, 6) is -1.16. The van der Waals surface area contributed by atoms with Crippen LogP contribution in [0.3, 0.4) is 0 Å². The highest BCUT2D eigenvalue weighted by molar-refractivity contribution is 6.02. The van der Waals surface area contributed by atoms with Crippen molar-refractivity contribution >= 4 is 17.6 Å². The van der Waals surface area contributed by atoms with Crippen LogP contribution in [0.1, 0.15) is 19.4 Å². The number of carbonyl (C=O) groups excluding carboxylic acids is 2. The quantitative estimate of drug-likeness (QED) is 0.624. The summed E-state index contributed by atoms with van der Waals surface area (Å²) in [5.41, 5.74) is 1.24. The van der Waals surface area contributed by atoms with E-state index in [1.807, 2.05) is 57.2 Å². The molecule has 1 aromatic carbocycles. The van der Waals surface area contributed by atoms with E-state index in [9.17, 15) is 9.59 Å². The van der Waals surface area contributed by atoms with Crippen molar-refractivity contribution in [3.63, 3.8) is 0 Å². The van der Waals surface area contributed by atoms with Gasteiger partial charge < -0.3 is 14.4 Å². The fraction of sp³-hybridized carbons (Fsp3) is 0.500. The highest BCUT2D eigenvalue weighted by Gasteiger charge is 2.67.